The van der Waals surface area contributed by atoms with Crippen molar-refractivity contribution in [3.63, 3.8) is 0 Å². The third-order valence-electron chi connectivity index (χ3n) is 3.05. The molecule has 21 heavy (non-hydrogen) atoms. The molecule has 0 aliphatic rings. The minimum absolute atomic E-state index is 0.0403. The van der Waals surface area contributed by atoms with Gasteiger partial charge >= 0.3 is 0 Å². The molecule has 0 aliphatic carbocycles. The topological polar surface area (TPSA) is 44.5 Å². The Morgan fingerprint density at radius 2 is 1.86 bits per heavy atom. The molecule has 2 unspecified atom stereocenters. The number of hydrogen-bond acceptors (Lipinski definition) is 3. The zero-order valence-corrected chi connectivity index (χ0v) is 11.8. The molecule has 0 saturated carbocycles. The van der Waals surface area contributed by atoms with Crippen LogP contribution in [0.15, 0.2) is 42.5 Å². The molecule has 0 bridgehead atoms. The minimum Gasteiger partial charge on any atom is -0.497 e. The van der Waals surface area contributed by atoms with E-state index in [9.17, 15) is 8.78 Å². The maximum atomic E-state index is 13.7. The minimum atomic E-state index is -0.761. The monoisotopic (exact) mass is 293 g/mol. The lowest BCUT2D eigenvalue weighted by Crippen LogP contribution is -2.29. The standard InChI is InChI=1S/C16H17F2NO2/c1-10(19)16(11-4-3-5-13(8-11)20-2)21-15-7-6-12(17)9-14(15)18/h3-10,16H,19H2,1-2H3. The lowest BCUT2D eigenvalue weighted by Gasteiger charge is -2.23. The second kappa shape index (κ2) is 6.54. The lowest BCUT2D eigenvalue weighted by atomic mass is 10.0. The van der Waals surface area contributed by atoms with Gasteiger partial charge in [-0.15, -0.1) is 0 Å². The normalized spacial score (nSPS) is 13.6. The van der Waals surface area contributed by atoms with Crippen molar-refractivity contribution in [2.24, 2.45) is 5.73 Å². The number of hydrogen-bond donors (Lipinski definition) is 1. The Morgan fingerprint density at radius 1 is 1.10 bits per heavy atom. The van der Waals surface area contributed by atoms with Crippen molar-refractivity contribution < 1.29 is 18.3 Å². The Morgan fingerprint density at radius 3 is 2.48 bits per heavy atom. The van der Waals surface area contributed by atoms with Crippen LogP contribution in [0.4, 0.5) is 8.78 Å². The third-order valence-corrected chi connectivity index (χ3v) is 3.05. The van der Waals surface area contributed by atoms with Gasteiger partial charge in [-0.05, 0) is 36.8 Å². The Kier molecular flexibility index (Phi) is 4.75. The van der Waals surface area contributed by atoms with Crippen LogP contribution < -0.4 is 15.2 Å². The molecule has 2 rings (SSSR count). The summed E-state index contributed by atoms with van der Waals surface area (Å²) in [6, 6.07) is 9.96. The van der Waals surface area contributed by atoms with Gasteiger partial charge in [-0.3, -0.25) is 0 Å². The summed E-state index contributed by atoms with van der Waals surface area (Å²) < 4.78 is 37.4. The first-order valence-electron chi connectivity index (χ1n) is 6.52. The second-order valence-corrected chi connectivity index (χ2v) is 4.75. The molecule has 0 radical (unpaired) electrons. The van der Waals surface area contributed by atoms with Gasteiger partial charge in [-0.1, -0.05) is 12.1 Å². The molecule has 5 heteroatoms. The summed E-state index contributed by atoms with van der Waals surface area (Å²) >= 11 is 0. The first-order chi connectivity index (χ1) is 10.0. The number of nitrogens with two attached hydrogens (primary N) is 1. The number of benzene rings is 2. The fourth-order valence-electron chi connectivity index (χ4n) is 2.00. The smallest absolute Gasteiger partial charge is 0.168 e. The number of ether oxygens (including phenoxy) is 2. The molecule has 0 aromatic heterocycles. The summed E-state index contributed by atoms with van der Waals surface area (Å²) in [7, 11) is 1.56. The molecule has 0 spiro atoms. The summed E-state index contributed by atoms with van der Waals surface area (Å²) in [6.45, 7) is 1.76. The van der Waals surface area contributed by atoms with Crippen molar-refractivity contribution in [3.8, 4) is 11.5 Å². The number of methoxy groups -OCH3 is 1. The summed E-state index contributed by atoms with van der Waals surface area (Å²) in [6.07, 6.45) is -0.569. The highest BCUT2D eigenvalue weighted by molar-refractivity contribution is 5.32. The maximum absolute atomic E-state index is 13.7. The third kappa shape index (κ3) is 3.70. The molecule has 2 aromatic rings. The van der Waals surface area contributed by atoms with E-state index in [0.717, 1.165) is 17.7 Å². The van der Waals surface area contributed by atoms with Crippen LogP contribution >= 0.6 is 0 Å². The van der Waals surface area contributed by atoms with E-state index in [0.29, 0.717) is 5.75 Å². The van der Waals surface area contributed by atoms with Crippen molar-refractivity contribution in [1.82, 2.24) is 0 Å². The highest BCUT2D eigenvalue weighted by Crippen LogP contribution is 2.28. The van der Waals surface area contributed by atoms with Crippen LogP contribution in [0.25, 0.3) is 0 Å². The number of rotatable bonds is 5. The van der Waals surface area contributed by atoms with Gasteiger partial charge in [0.1, 0.15) is 17.7 Å². The van der Waals surface area contributed by atoms with Crippen LogP contribution in [0, 0.1) is 11.6 Å². The Balaban J connectivity index is 2.30. The first kappa shape index (κ1) is 15.3. The lowest BCUT2D eigenvalue weighted by molar-refractivity contribution is 0.172. The molecule has 2 atom stereocenters. The van der Waals surface area contributed by atoms with E-state index < -0.39 is 17.7 Å². The molecule has 0 aliphatic heterocycles. The summed E-state index contributed by atoms with van der Waals surface area (Å²) in [4.78, 5) is 0. The zero-order valence-electron chi connectivity index (χ0n) is 11.8. The average Bonchev–Trinajstić information content (AvgIpc) is 2.46. The first-order valence-corrected chi connectivity index (χ1v) is 6.52. The van der Waals surface area contributed by atoms with E-state index in [2.05, 4.69) is 0 Å². The Hall–Kier alpha value is -2.14. The van der Waals surface area contributed by atoms with Crippen molar-refractivity contribution in [2.45, 2.75) is 19.1 Å². The molecule has 0 heterocycles. The van der Waals surface area contributed by atoms with Crippen LogP contribution in [0.1, 0.15) is 18.6 Å². The van der Waals surface area contributed by atoms with E-state index in [1.165, 1.54) is 6.07 Å². The predicted molar refractivity (Wildman–Crippen MR) is 76.4 cm³/mol. The highest BCUT2D eigenvalue weighted by atomic mass is 19.1. The molecular formula is C16H17F2NO2. The molecule has 0 saturated heterocycles. The fourth-order valence-corrected chi connectivity index (χ4v) is 2.00. The molecule has 0 fully saturated rings. The molecule has 112 valence electrons. The fraction of sp³-hybridized carbons (Fsp3) is 0.250. The van der Waals surface area contributed by atoms with Gasteiger partial charge in [0.15, 0.2) is 11.6 Å². The SMILES string of the molecule is COc1cccc(C(Oc2ccc(F)cc2F)C(C)N)c1. The van der Waals surface area contributed by atoms with Crippen LogP contribution in [0.3, 0.4) is 0 Å². The summed E-state index contributed by atoms with van der Waals surface area (Å²) in [5.41, 5.74) is 6.68. The predicted octanol–water partition coefficient (Wildman–Crippen LogP) is 3.44. The van der Waals surface area contributed by atoms with Crippen molar-refractivity contribution in [3.05, 3.63) is 59.7 Å². The van der Waals surface area contributed by atoms with Gasteiger partial charge in [0.25, 0.3) is 0 Å². The number of halogens is 2. The average molecular weight is 293 g/mol. The highest BCUT2D eigenvalue weighted by Gasteiger charge is 2.20. The largest absolute Gasteiger partial charge is 0.497 e. The summed E-state index contributed by atoms with van der Waals surface area (Å²) in [5, 5.41) is 0. The van der Waals surface area contributed by atoms with Gasteiger partial charge in [-0.25, -0.2) is 8.78 Å². The molecule has 2 aromatic carbocycles. The van der Waals surface area contributed by atoms with E-state index in [4.69, 9.17) is 15.2 Å². The van der Waals surface area contributed by atoms with Crippen molar-refractivity contribution in [2.75, 3.05) is 7.11 Å². The van der Waals surface area contributed by atoms with Crippen LogP contribution in [-0.2, 0) is 0 Å². The van der Waals surface area contributed by atoms with E-state index in [-0.39, 0.29) is 11.8 Å². The van der Waals surface area contributed by atoms with Gasteiger partial charge in [-0.2, -0.15) is 0 Å². The molecular weight excluding hydrogens is 276 g/mol. The van der Waals surface area contributed by atoms with Crippen LogP contribution in [0.2, 0.25) is 0 Å². The van der Waals surface area contributed by atoms with E-state index in [1.807, 2.05) is 6.07 Å². The molecule has 2 N–H and O–H groups in total. The Labute approximate surface area is 122 Å². The van der Waals surface area contributed by atoms with Crippen molar-refractivity contribution >= 4 is 0 Å². The molecule has 3 nitrogen and oxygen atoms in total. The van der Waals surface area contributed by atoms with E-state index >= 15 is 0 Å². The quantitative estimate of drug-likeness (QED) is 0.918. The van der Waals surface area contributed by atoms with Crippen molar-refractivity contribution in [1.29, 1.82) is 0 Å². The summed E-state index contributed by atoms with van der Waals surface area (Å²) in [5.74, 6) is -0.801. The van der Waals surface area contributed by atoms with Gasteiger partial charge in [0, 0.05) is 12.1 Å². The van der Waals surface area contributed by atoms with E-state index in [1.54, 1.807) is 32.2 Å². The van der Waals surface area contributed by atoms with Gasteiger partial charge in [0.2, 0.25) is 0 Å². The van der Waals surface area contributed by atoms with Gasteiger partial charge < -0.3 is 15.2 Å². The zero-order chi connectivity index (χ0) is 15.4. The molecule has 0 amide bonds. The maximum Gasteiger partial charge on any atom is 0.168 e. The van der Waals surface area contributed by atoms with Crippen LogP contribution in [0.5, 0.6) is 11.5 Å². The van der Waals surface area contributed by atoms with Crippen LogP contribution in [-0.4, -0.2) is 13.2 Å². The second-order valence-electron chi connectivity index (χ2n) is 4.75. The van der Waals surface area contributed by atoms with Gasteiger partial charge in [0.05, 0.1) is 7.11 Å². The Bertz CT molecular complexity index is 617.